The third kappa shape index (κ3) is 4.52. The molecule has 9 heteroatoms. The van der Waals surface area contributed by atoms with E-state index in [2.05, 4.69) is 16.5 Å². The molecular formula is C29H25N3O5S. The molecule has 8 nitrogen and oxygen atoms in total. The van der Waals surface area contributed by atoms with Crippen molar-refractivity contribution in [2.24, 2.45) is 0 Å². The molecule has 2 aromatic carbocycles. The summed E-state index contributed by atoms with van der Waals surface area (Å²) >= 11 is 1.31. The number of aromatic nitrogens is 2. The molecule has 2 aromatic heterocycles. The molecule has 0 bridgehead atoms. The van der Waals surface area contributed by atoms with E-state index in [0.717, 1.165) is 10.3 Å². The highest BCUT2D eigenvalue weighted by Crippen LogP contribution is 2.46. The number of rotatable bonds is 8. The summed E-state index contributed by atoms with van der Waals surface area (Å²) in [7, 11) is 0. The molecule has 3 heterocycles. The molecule has 1 amide bonds. The fraction of sp³-hybridized carbons (Fsp3) is 0.172. The van der Waals surface area contributed by atoms with Gasteiger partial charge in [0.05, 0.1) is 28.4 Å². The Morgan fingerprint density at radius 2 is 1.89 bits per heavy atom. The number of fused-ring (bicyclic) bond motifs is 1. The lowest BCUT2D eigenvalue weighted by molar-refractivity contribution is -0.132. The summed E-state index contributed by atoms with van der Waals surface area (Å²) < 4.78 is 12.4. The van der Waals surface area contributed by atoms with Crippen LogP contribution in [0.4, 0.5) is 5.13 Å². The van der Waals surface area contributed by atoms with E-state index in [1.54, 1.807) is 36.4 Å². The number of aliphatic hydroxyl groups is 1. The number of pyridine rings is 1. The topological polar surface area (TPSA) is 102 Å². The molecule has 1 saturated heterocycles. The lowest BCUT2D eigenvalue weighted by atomic mass is 9.95. The molecule has 38 heavy (non-hydrogen) atoms. The minimum Gasteiger partial charge on any atom is -0.507 e. The number of hydrogen-bond acceptors (Lipinski definition) is 8. The van der Waals surface area contributed by atoms with Crippen molar-refractivity contribution < 1.29 is 24.2 Å². The molecule has 0 aliphatic carbocycles. The van der Waals surface area contributed by atoms with Gasteiger partial charge in [-0.15, -0.1) is 0 Å². The fourth-order valence-electron chi connectivity index (χ4n) is 4.36. The van der Waals surface area contributed by atoms with Crippen LogP contribution < -0.4 is 14.4 Å². The van der Waals surface area contributed by atoms with Gasteiger partial charge in [-0.05, 0) is 61.4 Å². The normalized spacial score (nSPS) is 16.7. The van der Waals surface area contributed by atoms with Gasteiger partial charge in [-0.1, -0.05) is 36.1 Å². The highest BCUT2D eigenvalue weighted by atomic mass is 32.1. The summed E-state index contributed by atoms with van der Waals surface area (Å²) in [6, 6.07) is 13.2. The first-order chi connectivity index (χ1) is 18.4. The highest BCUT2D eigenvalue weighted by molar-refractivity contribution is 7.22. The van der Waals surface area contributed by atoms with E-state index in [4.69, 9.17) is 9.47 Å². The number of carbonyl (C=O) groups excluding carboxylic acids is 2. The Bertz CT molecular complexity index is 1580. The largest absolute Gasteiger partial charge is 0.507 e. The maximum Gasteiger partial charge on any atom is 0.301 e. The molecule has 0 radical (unpaired) electrons. The average molecular weight is 528 g/mol. The number of aryl methyl sites for hydroxylation is 1. The summed E-state index contributed by atoms with van der Waals surface area (Å²) in [5, 5.41) is 11.7. The predicted molar refractivity (Wildman–Crippen MR) is 147 cm³/mol. The number of Topliss-reactive ketones (excluding diaryl/α,β-unsaturated/α-hetero) is 1. The van der Waals surface area contributed by atoms with E-state index >= 15 is 0 Å². The maximum atomic E-state index is 13.5. The molecule has 1 aliphatic rings. The van der Waals surface area contributed by atoms with Crippen LogP contribution in [-0.2, 0) is 9.59 Å². The van der Waals surface area contributed by atoms with Crippen LogP contribution in [0.1, 0.15) is 29.7 Å². The number of aliphatic hydroxyl groups excluding tert-OH is 1. The molecular weight excluding hydrogens is 502 g/mol. The zero-order chi connectivity index (χ0) is 26.8. The molecule has 1 unspecified atom stereocenters. The average Bonchev–Trinajstić information content (AvgIpc) is 3.45. The Kier molecular flexibility index (Phi) is 6.93. The van der Waals surface area contributed by atoms with Gasteiger partial charge < -0.3 is 14.6 Å². The van der Waals surface area contributed by atoms with Crippen molar-refractivity contribution in [3.05, 3.63) is 95.8 Å². The van der Waals surface area contributed by atoms with Crippen LogP contribution in [0, 0.1) is 6.92 Å². The summed E-state index contributed by atoms with van der Waals surface area (Å²) in [6.45, 7) is 8.17. The quantitative estimate of drug-likeness (QED) is 0.138. The first kappa shape index (κ1) is 25.2. The molecule has 1 N–H and O–H groups in total. The molecule has 192 valence electrons. The first-order valence-corrected chi connectivity index (χ1v) is 12.8. The van der Waals surface area contributed by atoms with Crippen LogP contribution in [0.15, 0.2) is 79.2 Å². The van der Waals surface area contributed by atoms with Crippen molar-refractivity contribution in [3.63, 3.8) is 0 Å². The standard InChI is InChI=1S/C29H25N3O5S/c1-4-14-37-21-9-7-19(16-22(21)36-5-2)25-24(26(33)18-10-12-30-13-11-18)27(34)28(35)32(25)29-31-20-8-6-17(3)15-23(20)38-29/h4,6-13,15-16,25,33H,1,5,14H2,2-3H3. The molecule has 0 saturated carbocycles. The van der Waals surface area contributed by atoms with E-state index < -0.39 is 17.7 Å². The minimum atomic E-state index is -0.947. The van der Waals surface area contributed by atoms with Gasteiger partial charge in [-0.2, -0.15) is 0 Å². The number of anilines is 1. The van der Waals surface area contributed by atoms with E-state index in [-0.39, 0.29) is 17.9 Å². The second-order valence-corrected chi connectivity index (χ2v) is 9.62. The number of ether oxygens (including phenoxy) is 2. The Morgan fingerprint density at radius 1 is 1.11 bits per heavy atom. The van der Waals surface area contributed by atoms with Gasteiger partial charge in [0, 0.05) is 18.0 Å². The molecule has 1 aliphatic heterocycles. The van der Waals surface area contributed by atoms with Crippen molar-refractivity contribution in [2.75, 3.05) is 18.1 Å². The first-order valence-electron chi connectivity index (χ1n) is 12.0. The van der Waals surface area contributed by atoms with Crippen LogP contribution in [-0.4, -0.2) is 40.0 Å². The van der Waals surface area contributed by atoms with Crippen LogP contribution in [0.25, 0.3) is 16.0 Å². The van der Waals surface area contributed by atoms with Crippen molar-refractivity contribution in [1.29, 1.82) is 0 Å². The Balaban J connectivity index is 1.72. The molecule has 0 spiro atoms. The lowest BCUT2D eigenvalue weighted by Crippen LogP contribution is -2.29. The summed E-state index contributed by atoms with van der Waals surface area (Å²) in [5.74, 6) is -0.922. The van der Waals surface area contributed by atoms with Crippen LogP contribution >= 0.6 is 11.3 Å². The number of nitrogens with zero attached hydrogens (tertiary/aromatic N) is 3. The minimum absolute atomic E-state index is 0.0427. The number of thiazole rings is 1. The number of hydrogen-bond donors (Lipinski definition) is 1. The molecule has 1 atom stereocenters. The Labute approximate surface area is 223 Å². The maximum absolute atomic E-state index is 13.5. The summed E-state index contributed by atoms with van der Waals surface area (Å²) in [6.07, 6.45) is 4.64. The number of ketones is 1. The van der Waals surface area contributed by atoms with Gasteiger partial charge in [-0.3, -0.25) is 19.5 Å². The van der Waals surface area contributed by atoms with Crippen molar-refractivity contribution >= 4 is 44.1 Å². The van der Waals surface area contributed by atoms with Crippen molar-refractivity contribution in [2.45, 2.75) is 19.9 Å². The van der Waals surface area contributed by atoms with E-state index in [1.807, 2.05) is 32.0 Å². The van der Waals surface area contributed by atoms with Gasteiger partial charge in [0.2, 0.25) is 0 Å². The Morgan fingerprint density at radius 3 is 2.63 bits per heavy atom. The van der Waals surface area contributed by atoms with Gasteiger partial charge in [-0.25, -0.2) is 4.98 Å². The number of amides is 1. The van der Waals surface area contributed by atoms with Gasteiger partial charge in [0.1, 0.15) is 12.4 Å². The van der Waals surface area contributed by atoms with Crippen LogP contribution in [0.3, 0.4) is 0 Å². The third-order valence-electron chi connectivity index (χ3n) is 6.08. The predicted octanol–water partition coefficient (Wildman–Crippen LogP) is 5.59. The highest BCUT2D eigenvalue weighted by Gasteiger charge is 2.48. The Hall–Kier alpha value is -4.50. The van der Waals surface area contributed by atoms with Gasteiger partial charge in [0.25, 0.3) is 5.78 Å². The zero-order valence-electron chi connectivity index (χ0n) is 20.9. The SMILES string of the molecule is C=CCOc1ccc(C2C(=C(O)c3ccncc3)C(=O)C(=O)N2c2nc3ccc(C)cc3s2)cc1OCC. The van der Waals surface area contributed by atoms with Crippen molar-refractivity contribution in [3.8, 4) is 11.5 Å². The van der Waals surface area contributed by atoms with Crippen LogP contribution in [0.2, 0.25) is 0 Å². The zero-order valence-corrected chi connectivity index (χ0v) is 21.7. The van der Waals surface area contributed by atoms with Crippen LogP contribution in [0.5, 0.6) is 11.5 Å². The number of carbonyl (C=O) groups is 2. The molecule has 4 aromatic rings. The monoisotopic (exact) mass is 527 g/mol. The van der Waals surface area contributed by atoms with Gasteiger partial charge in [0.15, 0.2) is 16.6 Å². The van der Waals surface area contributed by atoms with Crippen molar-refractivity contribution in [1.82, 2.24) is 9.97 Å². The number of benzene rings is 2. The van der Waals surface area contributed by atoms with Gasteiger partial charge >= 0.3 is 5.91 Å². The summed E-state index contributed by atoms with van der Waals surface area (Å²) in [5.41, 5.74) is 2.66. The smallest absolute Gasteiger partial charge is 0.301 e. The molecule has 5 rings (SSSR count). The summed E-state index contributed by atoms with van der Waals surface area (Å²) in [4.78, 5) is 37.0. The molecule has 1 fully saturated rings. The second-order valence-electron chi connectivity index (χ2n) is 8.61. The van der Waals surface area contributed by atoms with E-state index in [9.17, 15) is 14.7 Å². The fourth-order valence-corrected chi connectivity index (χ4v) is 5.45. The second kappa shape index (κ2) is 10.5. The lowest BCUT2D eigenvalue weighted by Gasteiger charge is -2.24. The third-order valence-corrected chi connectivity index (χ3v) is 7.09. The van der Waals surface area contributed by atoms with E-state index in [0.29, 0.717) is 39.9 Å². The van der Waals surface area contributed by atoms with E-state index in [1.165, 1.54) is 28.6 Å².